The molecule has 0 radical (unpaired) electrons. The summed E-state index contributed by atoms with van der Waals surface area (Å²) in [6.45, 7) is 5.64. The first kappa shape index (κ1) is 11.7. The number of anilines is 1. The Morgan fingerprint density at radius 2 is 1.88 bits per heavy atom. The molecule has 1 aromatic heterocycles. The maximum absolute atomic E-state index is 6.02. The molecule has 1 aliphatic heterocycles. The number of fused-ring (bicyclic) bond motifs is 1. The lowest BCUT2D eigenvalue weighted by Crippen LogP contribution is -2.33. The van der Waals surface area contributed by atoms with Crippen molar-refractivity contribution in [1.82, 2.24) is 10.2 Å². The predicted molar refractivity (Wildman–Crippen MR) is 64.6 cm³/mol. The number of ether oxygens (including phenoxy) is 1. The first-order chi connectivity index (χ1) is 7.41. The van der Waals surface area contributed by atoms with E-state index in [2.05, 4.69) is 24.0 Å². The molecule has 1 aliphatic rings. The molecule has 0 amide bonds. The van der Waals surface area contributed by atoms with Crippen molar-refractivity contribution in [3.8, 4) is 5.75 Å². The fraction of sp³-hybridized carbons (Fsp3) is 0.600. The van der Waals surface area contributed by atoms with E-state index in [9.17, 15) is 0 Å². The molecule has 0 fully saturated rings. The molecule has 0 aliphatic carbocycles. The first-order valence-electron chi connectivity index (χ1n) is 4.96. The zero-order valence-corrected chi connectivity index (χ0v) is 10.9. The minimum atomic E-state index is 0.0282. The minimum absolute atomic E-state index is 0.0282. The van der Waals surface area contributed by atoms with Gasteiger partial charge in [0.1, 0.15) is 5.69 Å². The third-order valence-electron chi connectivity index (χ3n) is 2.48. The number of hydrogen-bond acceptors (Lipinski definition) is 4. The lowest BCUT2D eigenvalue weighted by atomic mass is 9.94. The largest absolute Gasteiger partial charge is 0.487 e. The van der Waals surface area contributed by atoms with Gasteiger partial charge in [0.25, 0.3) is 0 Å². The zero-order valence-electron chi connectivity index (χ0n) is 9.42. The van der Waals surface area contributed by atoms with Gasteiger partial charge in [-0.25, -0.2) is 0 Å². The fourth-order valence-corrected chi connectivity index (χ4v) is 2.31. The summed E-state index contributed by atoms with van der Waals surface area (Å²) < 4.78 is 5.69. The molecule has 16 heavy (non-hydrogen) atoms. The SMILES string of the molecule is CN1CC(C)(C)COc2c(Cl)nnc(Cl)c21. The summed E-state index contributed by atoms with van der Waals surface area (Å²) in [5.41, 5.74) is 0.743. The van der Waals surface area contributed by atoms with Crippen molar-refractivity contribution in [1.29, 1.82) is 0 Å². The van der Waals surface area contributed by atoms with E-state index < -0.39 is 0 Å². The normalized spacial score (nSPS) is 18.7. The fourth-order valence-electron chi connectivity index (χ4n) is 1.86. The molecule has 2 rings (SSSR count). The third-order valence-corrected chi connectivity index (χ3v) is 2.98. The molecular formula is C10H13Cl2N3O. The summed E-state index contributed by atoms with van der Waals surface area (Å²) in [4.78, 5) is 2.01. The Kier molecular flexibility index (Phi) is 2.88. The zero-order chi connectivity index (χ0) is 11.9. The summed E-state index contributed by atoms with van der Waals surface area (Å²) in [5.74, 6) is 0.523. The van der Waals surface area contributed by atoms with Crippen LogP contribution >= 0.6 is 23.2 Å². The van der Waals surface area contributed by atoms with Crippen LogP contribution < -0.4 is 9.64 Å². The Morgan fingerprint density at radius 1 is 1.25 bits per heavy atom. The van der Waals surface area contributed by atoms with Gasteiger partial charge in [-0.1, -0.05) is 37.0 Å². The lowest BCUT2D eigenvalue weighted by molar-refractivity contribution is 0.196. The minimum Gasteiger partial charge on any atom is -0.487 e. The Morgan fingerprint density at radius 3 is 2.56 bits per heavy atom. The van der Waals surface area contributed by atoms with E-state index in [0.717, 1.165) is 6.54 Å². The van der Waals surface area contributed by atoms with Crippen LogP contribution in [0.5, 0.6) is 5.75 Å². The highest BCUT2D eigenvalue weighted by Crippen LogP contribution is 2.41. The third kappa shape index (κ3) is 2.04. The average molecular weight is 262 g/mol. The van der Waals surface area contributed by atoms with E-state index in [1.165, 1.54) is 0 Å². The van der Waals surface area contributed by atoms with Crippen LogP contribution in [0.1, 0.15) is 13.8 Å². The molecule has 0 unspecified atom stereocenters. The maximum Gasteiger partial charge on any atom is 0.195 e. The molecule has 0 spiro atoms. The quantitative estimate of drug-likeness (QED) is 0.720. The Bertz CT molecular complexity index is 423. The Balaban J connectivity index is 2.52. The van der Waals surface area contributed by atoms with Crippen molar-refractivity contribution in [2.75, 3.05) is 25.1 Å². The van der Waals surface area contributed by atoms with Gasteiger partial charge in [-0.2, -0.15) is 0 Å². The standard InChI is InChI=1S/C10H13Cl2N3O/c1-10(2)4-15(3)6-7(16-5-10)9(12)14-13-8(6)11/h4-5H2,1-3H3. The van der Waals surface area contributed by atoms with Crippen LogP contribution in [-0.4, -0.2) is 30.4 Å². The first-order valence-corrected chi connectivity index (χ1v) is 5.72. The molecule has 1 aromatic rings. The van der Waals surface area contributed by atoms with Crippen molar-refractivity contribution in [3.05, 3.63) is 10.3 Å². The Hall–Kier alpha value is -0.740. The Labute approximate surface area is 105 Å². The topological polar surface area (TPSA) is 38.2 Å². The molecule has 0 saturated heterocycles. The van der Waals surface area contributed by atoms with Crippen molar-refractivity contribution in [2.24, 2.45) is 5.41 Å². The van der Waals surface area contributed by atoms with Crippen molar-refractivity contribution in [3.63, 3.8) is 0 Å². The van der Waals surface area contributed by atoms with Gasteiger partial charge < -0.3 is 9.64 Å². The highest BCUT2D eigenvalue weighted by molar-refractivity contribution is 6.34. The summed E-state index contributed by atoms with van der Waals surface area (Å²) in [6.07, 6.45) is 0. The summed E-state index contributed by atoms with van der Waals surface area (Å²) >= 11 is 12.0. The van der Waals surface area contributed by atoms with Gasteiger partial charge in [0.05, 0.1) is 6.61 Å². The number of aromatic nitrogens is 2. The van der Waals surface area contributed by atoms with Crippen LogP contribution in [0.4, 0.5) is 5.69 Å². The summed E-state index contributed by atoms with van der Waals surface area (Å²) in [5, 5.41) is 8.11. The van der Waals surface area contributed by atoms with E-state index >= 15 is 0 Å². The van der Waals surface area contributed by atoms with Gasteiger partial charge >= 0.3 is 0 Å². The van der Waals surface area contributed by atoms with E-state index in [4.69, 9.17) is 27.9 Å². The molecule has 0 bridgehead atoms. The van der Waals surface area contributed by atoms with Crippen LogP contribution in [0, 0.1) is 5.41 Å². The van der Waals surface area contributed by atoms with Gasteiger partial charge in [0.15, 0.2) is 16.1 Å². The van der Waals surface area contributed by atoms with Gasteiger partial charge in [0, 0.05) is 19.0 Å². The molecule has 2 heterocycles. The van der Waals surface area contributed by atoms with Crippen LogP contribution in [0.3, 0.4) is 0 Å². The summed E-state index contributed by atoms with van der Waals surface area (Å²) in [7, 11) is 1.94. The monoisotopic (exact) mass is 261 g/mol. The van der Waals surface area contributed by atoms with Gasteiger partial charge in [-0.3, -0.25) is 0 Å². The number of nitrogens with zero attached hydrogens (tertiary/aromatic N) is 3. The van der Waals surface area contributed by atoms with Crippen LogP contribution in [0.25, 0.3) is 0 Å². The lowest BCUT2D eigenvalue weighted by Gasteiger charge is -2.26. The highest BCUT2D eigenvalue weighted by Gasteiger charge is 2.30. The smallest absolute Gasteiger partial charge is 0.195 e. The second kappa shape index (κ2) is 3.93. The molecule has 0 aromatic carbocycles. The second-order valence-corrected chi connectivity index (χ2v) is 5.48. The number of hydrogen-bond donors (Lipinski definition) is 0. The highest BCUT2D eigenvalue weighted by atomic mass is 35.5. The predicted octanol–water partition coefficient (Wildman–Crippen LogP) is 2.64. The summed E-state index contributed by atoms with van der Waals surface area (Å²) in [6, 6.07) is 0. The van der Waals surface area contributed by atoms with E-state index in [1.54, 1.807) is 0 Å². The molecule has 88 valence electrons. The van der Waals surface area contributed by atoms with Gasteiger partial charge in [0.2, 0.25) is 0 Å². The van der Waals surface area contributed by atoms with Crippen molar-refractivity contribution >= 4 is 28.9 Å². The molecule has 0 N–H and O–H groups in total. The molecule has 0 saturated carbocycles. The van der Waals surface area contributed by atoms with E-state index in [-0.39, 0.29) is 10.6 Å². The van der Waals surface area contributed by atoms with Crippen molar-refractivity contribution < 1.29 is 4.74 Å². The van der Waals surface area contributed by atoms with Crippen LogP contribution in [0.2, 0.25) is 10.3 Å². The van der Waals surface area contributed by atoms with Crippen LogP contribution in [-0.2, 0) is 0 Å². The molecule has 4 nitrogen and oxygen atoms in total. The van der Waals surface area contributed by atoms with E-state index in [1.807, 2.05) is 11.9 Å². The van der Waals surface area contributed by atoms with Gasteiger partial charge in [-0.15, -0.1) is 10.2 Å². The number of rotatable bonds is 0. The second-order valence-electron chi connectivity index (χ2n) is 4.77. The maximum atomic E-state index is 6.02. The average Bonchev–Trinajstić information content (AvgIpc) is 2.29. The molecule has 0 atom stereocenters. The van der Waals surface area contributed by atoms with Crippen LogP contribution in [0.15, 0.2) is 0 Å². The van der Waals surface area contributed by atoms with Gasteiger partial charge in [-0.05, 0) is 0 Å². The molecular weight excluding hydrogens is 249 g/mol. The van der Waals surface area contributed by atoms with Crippen molar-refractivity contribution in [2.45, 2.75) is 13.8 Å². The molecule has 6 heteroatoms. The van der Waals surface area contributed by atoms with E-state index in [0.29, 0.717) is 23.2 Å². The number of halogens is 2.